The maximum atomic E-state index is 12.0. The normalized spacial score (nSPS) is 21.9. The Bertz CT molecular complexity index is 509. The molecule has 1 aliphatic heterocycles. The number of amides is 1. The van der Waals surface area contributed by atoms with Gasteiger partial charge in [-0.15, -0.1) is 0 Å². The fraction of sp³-hybridized carbons (Fsp3) is 0.462. The topological polar surface area (TPSA) is 86.1 Å². The molecule has 0 N–H and O–H groups in total. The van der Waals surface area contributed by atoms with Crippen LogP contribution in [0.2, 0.25) is 0 Å². The quantitative estimate of drug-likeness (QED) is 0.760. The number of furan rings is 1. The maximum absolute atomic E-state index is 12.0. The molecule has 0 aromatic carbocycles. The van der Waals surface area contributed by atoms with Gasteiger partial charge in [0.2, 0.25) is 12.1 Å². The van der Waals surface area contributed by atoms with Gasteiger partial charge in [-0.05, 0) is 12.1 Å². The molecule has 108 valence electrons. The van der Waals surface area contributed by atoms with E-state index in [1.807, 2.05) is 0 Å². The van der Waals surface area contributed by atoms with Gasteiger partial charge >= 0.3 is 11.9 Å². The van der Waals surface area contributed by atoms with Crippen LogP contribution in [0.25, 0.3) is 0 Å². The molecule has 1 aliphatic rings. The molecule has 7 nitrogen and oxygen atoms in total. The standard InChI is InChI=1S/C13H15NO6/c1-8(15)19-11-6-12(17)14(13(11)20-9(2)16)7-10-4-3-5-18-10/h3-5,11,13H,6-7H2,1-2H3/t11-,13+/m0/s1. The lowest BCUT2D eigenvalue weighted by atomic mass is 10.3. The van der Waals surface area contributed by atoms with Gasteiger partial charge in [0.15, 0.2) is 6.10 Å². The van der Waals surface area contributed by atoms with Crippen molar-refractivity contribution < 1.29 is 28.3 Å². The summed E-state index contributed by atoms with van der Waals surface area (Å²) < 4.78 is 15.3. The highest BCUT2D eigenvalue weighted by Gasteiger charge is 2.44. The summed E-state index contributed by atoms with van der Waals surface area (Å²) in [5.74, 6) is -0.788. The first-order chi connectivity index (χ1) is 9.47. The first-order valence-electron chi connectivity index (χ1n) is 6.13. The number of esters is 2. The molecule has 0 aliphatic carbocycles. The average molecular weight is 281 g/mol. The van der Waals surface area contributed by atoms with E-state index in [0.29, 0.717) is 5.76 Å². The predicted octanol–water partition coefficient (Wildman–Crippen LogP) is 0.833. The van der Waals surface area contributed by atoms with Crippen molar-refractivity contribution in [3.05, 3.63) is 24.2 Å². The Morgan fingerprint density at radius 3 is 2.60 bits per heavy atom. The summed E-state index contributed by atoms with van der Waals surface area (Å²) in [6.07, 6.45) is -0.244. The van der Waals surface area contributed by atoms with Crippen molar-refractivity contribution in [3.8, 4) is 0 Å². The van der Waals surface area contributed by atoms with Crippen LogP contribution in [0.4, 0.5) is 0 Å². The first-order valence-corrected chi connectivity index (χ1v) is 6.13. The number of nitrogens with zero attached hydrogens (tertiary/aromatic N) is 1. The molecule has 1 saturated heterocycles. The van der Waals surface area contributed by atoms with E-state index in [0.717, 1.165) is 0 Å². The van der Waals surface area contributed by atoms with Gasteiger partial charge in [0, 0.05) is 13.8 Å². The number of carbonyl (C=O) groups is 3. The van der Waals surface area contributed by atoms with Crippen molar-refractivity contribution in [3.63, 3.8) is 0 Å². The van der Waals surface area contributed by atoms with Crippen LogP contribution in [-0.4, -0.2) is 35.1 Å². The number of hydrogen-bond donors (Lipinski definition) is 0. The molecule has 0 bridgehead atoms. The minimum Gasteiger partial charge on any atom is -0.467 e. The largest absolute Gasteiger partial charge is 0.467 e. The van der Waals surface area contributed by atoms with Crippen molar-refractivity contribution in [1.82, 2.24) is 4.90 Å². The summed E-state index contributed by atoms with van der Waals surface area (Å²) in [5, 5.41) is 0. The Balaban J connectivity index is 2.16. The Morgan fingerprint density at radius 1 is 1.35 bits per heavy atom. The molecule has 0 saturated carbocycles. The van der Waals surface area contributed by atoms with E-state index in [2.05, 4.69) is 0 Å². The molecule has 1 aromatic rings. The second-order valence-corrected chi connectivity index (χ2v) is 4.45. The average Bonchev–Trinajstić information content (AvgIpc) is 2.92. The van der Waals surface area contributed by atoms with Gasteiger partial charge in [-0.2, -0.15) is 0 Å². The molecular formula is C13H15NO6. The smallest absolute Gasteiger partial charge is 0.304 e. The summed E-state index contributed by atoms with van der Waals surface area (Å²) in [6.45, 7) is 2.63. The van der Waals surface area contributed by atoms with Crippen LogP contribution in [0.5, 0.6) is 0 Å². The van der Waals surface area contributed by atoms with E-state index in [9.17, 15) is 14.4 Å². The fourth-order valence-corrected chi connectivity index (χ4v) is 2.10. The van der Waals surface area contributed by atoms with Crippen molar-refractivity contribution >= 4 is 17.8 Å². The first kappa shape index (κ1) is 14.1. The zero-order chi connectivity index (χ0) is 14.7. The summed E-state index contributed by atoms with van der Waals surface area (Å²) in [6, 6.07) is 3.40. The lowest BCUT2D eigenvalue weighted by Crippen LogP contribution is -2.41. The van der Waals surface area contributed by atoms with Crippen molar-refractivity contribution in [2.45, 2.75) is 39.1 Å². The third-order valence-electron chi connectivity index (χ3n) is 2.83. The van der Waals surface area contributed by atoms with Crippen LogP contribution in [0.1, 0.15) is 26.0 Å². The Kier molecular flexibility index (Phi) is 4.07. The van der Waals surface area contributed by atoms with Crippen molar-refractivity contribution in [2.75, 3.05) is 0 Å². The van der Waals surface area contributed by atoms with Crippen LogP contribution >= 0.6 is 0 Å². The highest BCUT2D eigenvalue weighted by molar-refractivity contribution is 5.81. The lowest BCUT2D eigenvalue weighted by Gasteiger charge is -2.26. The molecule has 1 amide bonds. The molecule has 2 heterocycles. The second kappa shape index (κ2) is 5.77. The summed E-state index contributed by atoms with van der Waals surface area (Å²) in [4.78, 5) is 35.5. The highest BCUT2D eigenvalue weighted by Crippen LogP contribution is 2.26. The van der Waals surface area contributed by atoms with Crippen LogP contribution in [0, 0.1) is 0 Å². The monoisotopic (exact) mass is 281 g/mol. The lowest BCUT2D eigenvalue weighted by molar-refractivity contribution is -0.174. The Labute approximate surface area is 115 Å². The molecule has 7 heteroatoms. The predicted molar refractivity (Wildman–Crippen MR) is 65.0 cm³/mol. The van der Waals surface area contributed by atoms with Gasteiger partial charge in [-0.3, -0.25) is 19.3 Å². The van der Waals surface area contributed by atoms with Gasteiger partial charge in [-0.1, -0.05) is 0 Å². The maximum Gasteiger partial charge on any atom is 0.304 e. The Hall–Kier alpha value is -2.31. The van der Waals surface area contributed by atoms with Crippen molar-refractivity contribution in [1.29, 1.82) is 0 Å². The van der Waals surface area contributed by atoms with Gasteiger partial charge in [-0.25, -0.2) is 0 Å². The summed E-state index contributed by atoms with van der Waals surface area (Å²) in [7, 11) is 0. The fourth-order valence-electron chi connectivity index (χ4n) is 2.10. The third kappa shape index (κ3) is 3.17. The van der Waals surface area contributed by atoms with Gasteiger partial charge in [0.1, 0.15) is 5.76 Å². The van der Waals surface area contributed by atoms with E-state index in [4.69, 9.17) is 13.9 Å². The molecule has 0 unspecified atom stereocenters. The zero-order valence-corrected chi connectivity index (χ0v) is 11.2. The molecule has 2 atom stereocenters. The number of carbonyl (C=O) groups excluding carboxylic acids is 3. The summed E-state index contributed by atoms with van der Waals surface area (Å²) >= 11 is 0. The zero-order valence-electron chi connectivity index (χ0n) is 11.2. The van der Waals surface area contributed by atoms with E-state index in [1.54, 1.807) is 12.1 Å². The van der Waals surface area contributed by atoms with E-state index >= 15 is 0 Å². The minimum atomic E-state index is -0.922. The molecule has 0 radical (unpaired) electrons. The van der Waals surface area contributed by atoms with Gasteiger partial charge in [0.05, 0.1) is 19.2 Å². The van der Waals surface area contributed by atoms with Crippen LogP contribution < -0.4 is 0 Å². The van der Waals surface area contributed by atoms with Gasteiger partial charge < -0.3 is 13.9 Å². The number of hydrogen-bond acceptors (Lipinski definition) is 6. The van der Waals surface area contributed by atoms with Crippen LogP contribution in [0.15, 0.2) is 22.8 Å². The van der Waals surface area contributed by atoms with Gasteiger partial charge in [0.25, 0.3) is 0 Å². The SMILES string of the molecule is CC(=O)O[C@H]1CC(=O)N(Cc2ccco2)[C@@H]1OC(C)=O. The number of likely N-dealkylation sites (tertiary alicyclic amines) is 1. The van der Waals surface area contributed by atoms with Crippen LogP contribution in [-0.2, 0) is 30.4 Å². The highest BCUT2D eigenvalue weighted by atomic mass is 16.6. The molecule has 2 rings (SSSR count). The number of ether oxygens (including phenoxy) is 2. The van der Waals surface area contributed by atoms with E-state index in [1.165, 1.54) is 25.0 Å². The Morgan fingerprint density at radius 2 is 2.05 bits per heavy atom. The second-order valence-electron chi connectivity index (χ2n) is 4.45. The van der Waals surface area contributed by atoms with Crippen LogP contribution in [0.3, 0.4) is 0 Å². The molecule has 1 fully saturated rings. The minimum absolute atomic E-state index is 0.0156. The van der Waals surface area contributed by atoms with E-state index < -0.39 is 24.3 Å². The van der Waals surface area contributed by atoms with E-state index in [-0.39, 0.29) is 18.9 Å². The number of rotatable bonds is 4. The summed E-state index contributed by atoms with van der Waals surface area (Å²) in [5.41, 5.74) is 0. The molecular weight excluding hydrogens is 266 g/mol. The third-order valence-corrected chi connectivity index (χ3v) is 2.83. The van der Waals surface area contributed by atoms with Crippen molar-refractivity contribution in [2.24, 2.45) is 0 Å². The molecule has 1 aromatic heterocycles. The molecule has 20 heavy (non-hydrogen) atoms. The molecule has 0 spiro atoms.